The van der Waals surface area contributed by atoms with E-state index in [0.717, 1.165) is 0 Å². The zero-order valence-corrected chi connectivity index (χ0v) is 11.3. The number of nitrogens with two attached hydrogens (primary N) is 1. The second-order valence-electron chi connectivity index (χ2n) is 5.38. The lowest BCUT2D eigenvalue weighted by Crippen LogP contribution is -2.76. The van der Waals surface area contributed by atoms with Crippen molar-refractivity contribution in [2.24, 2.45) is 11.1 Å². The summed E-state index contributed by atoms with van der Waals surface area (Å²) in [6, 6.07) is -0.667. The molecule has 0 aliphatic heterocycles. The first kappa shape index (κ1) is 15.4. The van der Waals surface area contributed by atoms with Crippen LogP contribution in [0.15, 0.2) is 0 Å². The zero-order valence-electron chi connectivity index (χ0n) is 11.3. The Kier molecular flexibility index (Phi) is 4.72. The maximum Gasteiger partial charge on any atom is 0.241 e. The Bertz CT molecular complexity index is 304. The minimum absolute atomic E-state index is 0.0417. The van der Waals surface area contributed by atoms with Gasteiger partial charge in [0.2, 0.25) is 5.91 Å². The molecule has 6 nitrogen and oxygen atoms in total. The van der Waals surface area contributed by atoms with Gasteiger partial charge in [-0.05, 0) is 6.92 Å². The molecule has 1 saturated carbocycles. The van der Waals surface area contributed by atoms with Gasteiger partial charge in [-0.15, -0.1) is 0 Å². The van der Waals surface area contributed by atoms with Crippen LogP contribution in [0.3, 0.4) is 0 Å². The summed E-state index contributed by atoms with van der Waals surface area (Å²) in [6.07, 6.45) is 0.406. The van der Waals surface area contributed by atoms with Crippen molar-refractivity contribution >= 4 is 5.91 Å². The third kappa shape index (κ3) is 2.38. The number of aliphatic hydroxyl groups is 2. The van der Waals surface area contributed by atoms with Crippen molar-refractivity contribution in [3.8, 4) is 0 Å². The molecule has 1 fully saturated rings. The summed E-state index contributed by atoms with van der Waals surface area (Å²) < 4.78 is 5.54. The van der Waals surface area contributed by atoms with Gasteiger partial charge in [0.1, 0.15) is 5.54 Å². The zero-order chi connectivity index (χ0) is 14.0. The molecule has 1 amide bonds. The molecule has 1 rings (SSSR count). The first-order valence-electron chi connectivity index (χ1n) is 6.26. The second-order valence-corrected chi connectivity index (χ2v) is 5.38. The molecule has 0 heterocycles. The number of nitrogens with one attached hydrogen (secondary N) is 1. The van der Waals surface area contributed by atoms with Gasteiger partial charge in [0.05, 0.1) is 25.4 Å². The Morgan fingerprint density at radius 3 is 2.44 bits per heavy atom. The first-order chi connectivity index (χ1) is 8.33. The molecule has 0 aromatic carbocycles. The van der Waals surface area contributed by atoms with Gasteiger partial charge in [-0.3, -0.25) is 4.79 Å². The van der Waals surface area contributed by atoms with E-state index in [9.17, 15) is 4.79 Å². The molecule has 0 spiro atoms. The molecule has 5 N–H and O–H groups in total. The molecule has 1 aliphatic carbocycles. The standard InChI is InChI=1S/C12H24N2O4/c1-4-18-9-5-12(13,11(9,2)3)10(17)14-8(6-15)7-16/h8-9,15-16H,4-7,13H2,1-3H3,(H,14,17). The molecule has 0 aromatic heterocycles. The van der Waals surface area contributed by atoms with Gasteiger partial charge in [0, 0.05) is 18.4 Å². The van der Waals surface area contributed by atoms with Gasteiger partial charge in [-0.25, -0.2) is 0 Å². The predicted octanol–water partition coefficient (Wildman–Crippen LogP) is -1.01. The Morgan fingerprint density at radius 2 is 2.06 bits per heavy atom. The van der Waals surface area contributed by atoms with Crippen LogP contribution in [-0.2, 0) is 9.53 Å². The maximum absolute atomic E-state index is 12.1. The number of carbonyl (C=O) groups is 1. The van der Waals surface area contributed by atoms with E-state index in [1.54, 1.807) is 0 Å². The van der Waals surface area contributed by atoms with E-state index >= 15 is 0 Å². The molecule has 6 heteroatoms. The first-order valence-corrected chi connectivity index (χ1v) is 6.26. The summed E-state index contributed by atoms with van der Waals surface area (Å²) in [4.78, 5) is 12.1. The van der Waals surface area contributed by atoms with Crippen molar-refractivity contribution in [3.63, 3.8) is 0 Å². The van der Waals surface area contributed by atoms with Crippen molar-refractivity contribution < 1.29 is 19.7 Å². The molecule has 2 unspecified atom stereocenters. The van der Waals surface area contributed by atoms with Crippen molar-refractivity contribution in [2.45, 2.75) is 44.9 Å². The fourth-order valence-corrected chi connectivity index (χ4v) is 2.28. The van der Waals surface area contributed by atoms with Gasteiger partial charge in [-0.2, -0.15) is 0 Å². The van der Waals surface area contributed by atoms with Gasteiger partial charge in [-0.1, -0.05) is 13.8 Å². The molecule has 0 aromatic rings. The topological polar surface area (TPSA) is 105 Å². The molecular formula is C12H24N2O4. The summed E-state index contributed by atoms with van der Waals surface area (Å²) in [5, 5.41) is 20.5. The van der Waals surface area contributed by atoms with E-state index in [4.69, 9.17) is 20.7 Å². The molecule has 106 valence electrons. The summed E-state index contributed by atoms with van der Waals surface area (Å²) in [5.41, 5.74) is 4.66. The Labute approximate surface area is 108 Å². The van der Waals surface area contributed by atoms with Gasteiger partial charge >= 0.3 is 0 Å². The van der Waals surface area contributed by atoms with E-state index in [1.807, 2.05) is 20.8 Å². The van der Waals surface area contributed by atoms with Crippen LogP contribution in [0.2, 0.25) is 0 Å². The van der Waals surface area contributed by atoms with E-state index < -0.39 is 17.0 Å². The highest BCUT2D eigenvalue weighted by atomic mass is 16.5. The summed E-state index contributed by atoms with van der Waals surface area (Å²) in [5.74, 6) is -0.350. The van der Waals surface area contributed by atoms with E-state index in [2.05, 4.69) is 5.32 Å². The van der Waals surface area contributed by atoms with Crippen molar-refractivity contribution in [2.75, 3.05) is 19.8 Å². The summed E-state index contributed by atoms with van der Waals surface area (Å²) in [6.45, 7) is 5.65. The maximum atomic E-state index is 12.1. The second kappa shape index (κ2) is 5.52. The van der Waals surface area contributed by atoms with Crippen molar-refractivity contribution in [1.29, 1.82) is 0 Å². The van der Waals surface area contributed by atoms with Crippen LogP contribution < -0.4 is 11.1 Å². The molecule has 0 bridgehead atoms. The van der Waals surface area contributed by atoms with Crippen LogP contribution in [-0.4, -0.2) is 53.6 Å². The normalized spacial score (nSPS) is 30.1. The molecule has 18 heavy (non-hydrogen) atoms. The van der Waals surface area contributed by atoms with Gasteiger partial charge < -0.3 is 26.0 Å². The lowest BCUT2D eigenvalue weighted by Gasteiger charge is -2.57. The largest absolute Gasteiger partial charge is 0.394 e. The number of carbonyl (C=O) groups excluding carboxylic acids is 1. The Hall–Kier alpha value is -0.690. The highest BCUT2D eigenvalue weighted by Gasteiger charge is 2.62. The van der Waals surface area contributed by atoms with Crippen LogP contribution in [0.1, 0.15) is 27.2 Å². The molecular weight excluding hydrogens is 236 g/mol. The van der Waals surface area contributed by atoms with Crippen molar-refractivity contribution in [1.82, 2.24) is 5.32 Å². The van der Waals surface area contributed by atoms with E-state index in [1.165, 1.54) is 0 Å². The fourth-order valence-electron chi connectivity index (χ4n) is 2.28. The van der Waals surface area contributed by atoms with Crippen LogP contribution in [0.4, 0.5) is 0 Å². The highest BCUT2D eigenvalue weighted by Crippen LogP contribution is 2.49. The van der Waals surface area contributed by atoms with Crippen LogP contribution in [0.25, 0.3) is 0 Å². The fraction of sp³-hybridized carbons (Fsp3) is 0.917. The molecule has 0 radical (unpaired) electrons. The Morgan fingerprint density at radius 1 is 1.50 bits per heavy atom. The minimum Gasteiger partial charge on any atom is -0.394 e. The third-order valence-electron chi connectivity index (χ3n) is 4.01. The number of rotatable bonds is 6. The number of hydrogen-bond acceptors (Lipinski definition) is 5. The molecule has 2 atom stereocenters. The average Bonchev–Trinajstić information content (AvgIpc) is 2.34. The number of amides is 1. The predicted molar refractivity (Wildman–Crippen MR) is 66.8 cm³/mol. The van der Waals surface area contributed by atoms with Crippen molar-refractivity contribution in [3.05, 3.63) is 0 Å². The van der Waals surface area contributed by atoms with E-state index in [-0.39, 0.29) is 25.2 Å². The van der Waals surface area contributed by atoms with E-state index in [0.29, 0.717) is 13.0 Å². The highest BCUT2D eigenvalue weighted by molar-refractivity contribution is 5.89. The lowest BCUT2D eigenvalue weighted by atomic mass is 9.54. The van der Waals surface area contributed by atoms with Crippen LogP contribution >= 0.6 is 0 Å². The molecule has 1 aliphatic rings. The summed E-state index contributed by atoms with van der Waals surface area (Å²) in [7, 11) is 0. The Balaban J connectivity index is 2.69. The van der Waals surface area contributed by atoms with Crippen LogP contribution in [0, 0.1) is 5.41 Å². The quantitative estimate of drug-likeness (QED) is 0.490. The lowest BCUT2D eigenvalue weighted by molar-refractivity contribution is -0.171. The third-order valence-corrected chi connectivity index (χ3v) is 4.01. The monoisotopic (exact) mass is 260 g/mol. The molecule has 0 saturated heterocycles. The van der Waals surface area contributed by atoms with Gasteiger partial charge in [0.25, 0.3) is 0 Å². The number of aliphatic hydroxyl groups excluding tert-OH is 2. The van der Waals surface area contributed by atoms with Crippen LogP contribution in [0.5, 0.6) is 0 Å². The minimum atomic E-state index is -1.02. The summed E-state index contributed by atoms with van der Waals surface area (Å²) >= 11 is 0. The average molecular weight is 260 g/mol. The number of ether oxygens (including phenoxy) is 1. The number of hydrogen-bond donors (Lipinski definition) is 4. The smallest absolute Gasteiger partial charge is 0.241 e. The van der Waals surface area contributed by atoms with Gasteiger partial charge in [0.15, 0.2) is 0 Å². The SMILES string of the molecule is CCOC1CC(N)(C(=O)NC(CO)CO)C1(C)C.